The van der Waals surface area contributed by atoms with Gasteiger partial charge in [0.1, 0.15) is 0 Å². The molecule has 0 saturated carbocycles. The number of hydrogen-bond donors (Lipinski definition) is 1. The normalized spacial score (nSPS) is 10.1. The van der Waals surface area contributed by atoms with Gasteiger partial charge in [-0.25, -0.2) is 4.98 Å². The van der Waals surface area contributed by atoms with Gasteiger partial charge >= 0.3 is 0 Å². The molecule has 2 aromatic heterocycles. The zero-order valence-corrected chi connectivity index (χ0v) is 9.64. The zero-order chi connectivity index (χ0) is 12.8. The number of carbonyl (C=O) groups is 1. The van der Waals surface area contributed by atoms with E-state index in [1.165, 1.54) is 18.3 Å². The molecule has 92 valence electrons. The van der Waals surface area contributed by atoms with Gasteiger partial charge < -0.3 is 5.32 Å². The van der Waals surface area contributed by atoms with Crippen LogP contribution in [0.25, 0.3) is 0 Å². The first-order valence-corrected chi connectivity index (χ1v) is 5.55. The van der Waals surface area contributed by atoms with Crippen LogP contribution in [0.1, 0.15) is 15.9 Å². The van der Waals surface area contributed by atoms with Crippen LogP contribution in [0.4, 0.5) is 4.39 Å². The van der Waals surface area contributed by atoms with Crippen LogP contribution in [-0.4, -0.2) is 22.4 Å². The molecule has 0 fully saturated rings. The number of aromatic nitrogens is 2. The predicted molar refractivity (Wildman–Crippen MR) is 64.5 cm³/mol. The van der Waals surface area contributed by atoms with Crippen molar-refractivity contribution >= 4 is 5.91 Å². The maximum Gasteiger partial charge on any atom is 0.255 e. The van der Waals surface area contributed by atoms with E-state index in [-0.39, 0.29) is 5.56 Å². The second-order valence-corrected chi connectivity index (χ2v) is 3.70. The highest BCUT2D eigenvalue weighted by Crippen LogP contribution is 2.03. The SMILES string of the molecule is O=C(NCCc1ccncc1)c1cccnc1F. The summed E-state index contributed by atoms with van der Waals surface area (Å²) in [4.78, 5) is 19.0. The van der Waals surface area contributed by atoms with Crippen molar-refractivity contribution in [2.45, 2.75) is 6.42 Å². The summed E-state index contributed by atoms with van der Waals surface area (Å²) < 4.78 is 13.2. The Hall–Kier alpha value is -2.30. The Morgan fingerprint density at radius 3 is 2.72 bits per heavy atom. The number of pyridine rings is 2. The fourth-order valence-electron chi connectivity index (χ4n) is 1.52. The van der Waals surface area contributed by atoms with Gasteiger partial charge in [0, 0.05) is 25.1 Å². The van der Waals surface area contributed by atoms with Gasteiger partial charge in [-0.2, -0.15) is 4.39 Å². The lowest BCUT2D eigenvalue weighted by Crippen LogP contribution is -2.26. The Bertz CT molecular complexity index is 531. The van der Waals surface area contributed by atoms with Crippen LogP contribution in [0.5, 0.6) is 0 Å². The molecule has 0 saturated heterocycles. The van der Waals surface area contributed by atoms with Crippen LogP contribution in [0.3, 0.4) is 0 Å². The summed E-state index contributed by atoms with van der Waals surface area (Å²) >= 11 is 0. The zero-order valence-electron chi connectivity index (χ0n) is 9.64. The van der Waals surface area contributed by atoms with Crippen LogP contribution in [0, 0.1) is 5.95 Å². The van der Waals surface area contributed by atoms with Crippen molar-refractivity contribution in [2.24, 2.45) is 0 Å². The van der Waals surface area contributed by atoms with Crippen LogP contribution in [0.15, 0.2) is 42.9 Å². The van der Waals surface area contributed by atoms with Gasteiger partial charge in [-0.05, 0) is 36.2 Å². The van der Waals surface area contributed by atoms with Crippen molar-refractivity contribution in [1.82, 2.24) is 15.3 Å². The maximum atomic E-state index is 13.2. The van der Waals surface area contributed by atoms with E-state index < -0.39 is 11.9 Å². The maximum absolute atomic E-state index is 13.2. The minimum atomic E-state index is -0.751. The first-order valence-electron chi connectivity index (χ1n) is 5.55. The van der Waals surface area contributed by atoms with Crippen molar-refractivity contribution < 1.29 is 9.18 Å². The third kappa shape index (κ3) is 3.10. The fraction of sp³-hybridized carbons (Fsp3) is 0.154. The standard InChI is InChI=1S/C13H12FN3O/c14-12-11(2-1-6-16-12)13(18)17-9-5-10-3-7-15-8-4-10/h1-4,6-8H,5,9H2,(H,17,18). The number of nitrogens with one attached hydrogen (secondary N) is 1. The molecule has 2 rings (SSSR count). The molecule has 0 aliphatic carbocycles. The van der Waals surface area contributed by atoms with E-state index in [1.807, 2.05) is 12.1 Å². The predicted octanol–water partition coefficient (Wildman–Crippen LogP) is 1.59. The van der Waals surface area contributed by atoms with Gasteiger partial charge in [0.15, 0.2) is 0 Å². The second-order valence-electron chi connectivity index (χ2n) is 3.70. The molecule has 0 aromatic carbocycles. The molecule has 0 aliphatic rings. The summed E-state index contributed by atoms with van der Waals surface area (Å²) in [6.07, 6.45) is 5.37. The Balaban J connectivity index is 1.88. The van der Waals surface area contributed by atoms with E-state index in [0.717, 1.165) is 5.56 Å². The first kappa shape index (κ1) is 12.2. The molecule has 18 heavy (non-hydrogen) atoms. The van der Waals surface area contributed by atoms with Crippen molar-refractivity contribution in [3.05, 3.63) is 59.9 Å². The molecule has 4 nitrogen and oxygen atoms in total. The average molecular weight is 245 g/mol. The van der Waals surface area contributed by atoms with E-state index in [9.17, 15) is 9.18 Å². The van der Waals surface area contributed by atoms with Crippen molar-refractivity contribution in [3.63, 3.8) is 0 Å². The van der Waals surface area contributed by atoms with Gasteiger partial charge in [-0.15, -0.1) is 0 Å². The molecule has 5 heteroatoms. The number of amides is 1. The lowest BCUT2D eigenvalue weighted by molar-refractivity contribution is 0.0949. The third-order valence-electron chi connectivity index (χ3n) is 2.45. The van der Waals surface area contributed by atoms with E-state index in [0.29, 0.717) is 13.0 Å². The summed E-state index contributed by atoms with van der Waals surface area (Å²) in [6, 6.07) is 6.68. The van der Waals surface area contributed by atoms with Gasteiger partial charge in [-0.3, -0.25) is 9.78 Å². The Labute approximate surface area is 104 Å². The molecule has 1 N–H and O–H groups in total. The molecule has 0 aliphatic heterocycles. The Kier molecular flexibility index (Phi) is 3.96. The highest BCUT2D eigenvalue weighted by molar-refractivity contribution is 5.94. The molecule has 1 amide bonds. The van der Waals surface area contributed by atoms with Gasteiger partial charge in [0.25, 0.3) is 5.91 Å². The molecule has 0 spiro atoms. The minimum absolute atomic E-state index is 0.0350. The van der Waals surface area contributed by atoms with E-state index in [2.05, 4.69) is 15.3 Å². The quantitative estimate of drug-likeness (QED) is 0.832. The highest BCUT2D eigenvalue weighted by Gasteiger charge is 2.10. The molecule has 0 unspecified atom stereocenters. The number of carbonyl (C=O) groups excluding carboxylic acids is 1. The van der Waals surface area contributed by atoms with Crippen LogP contribution in [0.2, 0.25) is 0 Å². The molecule has 0 bridgehead atoms. The van der Waals surface area contributed by atoms with Crippen LogP contribution < -0.4 is 5.32 Å². The fourth-order valence-corrected chi connectivity index (χ4v) is 1.52. The van der Waals surface area contributed by atoms with Gasteiger partial charge in [0.05, 0.1) is 5.56 Å². The van der Waals surface area contributed by atoms with Gasteiger partial charge in [0.2, 0.25) is 5.95 Å². The largest absolute Gasteiger partial charge is 0.352 e. The molecule has 0 radical (unpaired) electrons. The lowest BCUT2D eigenvalue weighted by atomic mass is 10.2. The summed E-state index contributed by atoms with van der Waals surface area (Å²) in [5, 5.41) is 2.65. The summed E-state index contributed by atoms with van der Waals surface area (Å²) in [6.45, 7) is 0.442. The van der Waals surface area contributed by atoms with Crippen molar-refractivity contribution in [2.75, 3.05) is 6.54 Å². The topological polar surface area (TPSA) is 54.9 Å². The Morgan fingerprint density at radius 2 is 2.00 bits per heavy atom. The van der Waals surface area contributed by atoms with E-state index >= 15 is 0 Å². The van der Waals surface area contributed by atoms with E-state index in [4.69, 9.17) is 0 Å². The molecular weight excluding hydrogens is 233 g/mol. The molecular formula is C13H12FN3O. The molecule has 2 aromatic rings. The average Bonchev–Trinajstić information content (AvgIpc) is 2.40. The second kappa shape index (κ2) is 5.86. The Morgan fingerprint density at radius 1 is 1.22 bits per heavy atom. The first-order chi connectivity index (χ1) is 8.77. The highest BCUT2D eigenvalue weighted by atomic mass is 19.1. The molecule has 2 heterocycles. The minimum Gasteiger partial charge on any atom is -0.352 e. The summed E-state index contributed by atoms with van der Waals surface area (Å²) in [5.41, 5.74) is 1.03. The van der Waals surface area contributed by atoms with E-state index in [1.54, 1.807) is 12.4 Å². The lowest BCUT2D eigenvalue weighted by Gasteiger charge is -2.05. The van der Waals surface area contributed by atoms with Crippen LogP contribution in [-0.2, 0) is 6.42 Å². The number of halogens is 1. The smallest absolute Gasteiger partial charge is 0.255 e. The molecule has 0 atom stereocenters. The summed E-state index contributed by atoms with van der Waals surface area (Å²) in [5.74, 6) is -1.20. The van der Waals surface area contributed by atoms with Gasteiger partial charge in [-0.1, -0.05) is 0 Å². The monoisotopic (exact) mass is 245 g/mol. The number of hydrogen-bond acceptors (Lipinski definition) is 3. The third-order valence-corrected chi connectivity index (χ3v) is 2.45. The van der Waals surface area contributed by atoms with Crippen molar-refractivity contribution in [1.29, 1.82) is 0 Å². The van der Waals surface area contributed by atoms with Crippen molar-refractivity contribution in [3.8, 4) is 0 Å². The summed E-state index contributed by atoms with van der Waals surface area (Å²) in [7, 11) is 0. The van der Waals surface area contributed by atoms with Crippen LogP contribution >= 0.6 is 0 Å². The number of rotatable bonds is 4. The number of nitrogens with zero attached hydrogens (tertiary/aromatic N) is 2.